The van der Waals surface area contributed by atoms with Crippen LogP contribution in [0, 0.1) is 13.8 Å². The minimum Gasteiger partial charge on any atom is -0.308 e. The first-order valence-corrected chi connectivity index (χ1v) is 5.83. The van der Waals surface area contributed by atoms with E-state index in [0.717, 1.165) is 16.6 Å². The van der Waals surface area contributed by atoms with E-state index in [9.17, 15) is 0 Å². The van der Waals surface area contributed by atoms with E-state index >= 15 is 0 Å². The van der Waals surface area contributed by atoms with Gasteiger partial charge in [0.05, 0.1) is 5.52 Å². The first kappa shape index (κ1) is 11.5. The molecule has 0 spiro atoms. The average molecular weight is 255 g/mol. The summed E-state index contributed by atoms with van der Waals surface area (Å²) in [6.07, 6.45) is 0. The molecule has 0 amide bonds. The maximum absolute atomic E-state index is 5.47. The van der Waals surface area contributed by atoms with Crippen molar-refractivity contribution in [3.8, 4) is 5.82 Å². The smallest absolute Gasteiger partial charge is 0.164 e. The van der Waals surface area contributed by atoms with Gasteiger partial charge in [-0.25, -0.2) is 15.8 Å². The Bertz CT molecular complexity index is 747. The fourth-order valence-corrected chi connectivity index (χ4v) is 1.99. The van der Waals surface area contributed by atoms with Crippen LogP contribution >= 0.6 is 0 Å². The largest absolute Gasteiger partial charge is 0.308 e. The predicted octanol–water partition coefficient (Wildman–Crippen LogP) is 1.11. The Morgan fingerprint density at radius 1 is 1.16 bits per heavy atom. The molecule has 3 aromatic rings. The Labute approximate surface area is 109 Å². The fourth-order valence-electron chi connectivity index (χ4n) is 1.99. The number of anilines is 1. The number of nitrogen functional groups attached to an aromatic ring is 1. The second-order valence-corrected chi connectivity index (χ2v) is 4.20. The minimum absolute atomic E-state index is 0.585. The standard InChI is InChI=1S/C12H13N7/c1-7-11(16-13)14-8(2)15-12(7)19-10-6-4-3-5-9(10)17-18-19/h3-6H,13H2,1-2H3,(H,14,15,16). The Hall–Kier alpha value is -2.54. The highest BCUT2D eigenvalue weighted by Crippen LogP contribution is 2.21. The number of aryl methyl sites for hydroxylation is 1. The summed E-state index contributed by atoms with van der Waals surface area (Å²) in [6, 6.07) is 7.71. The number of para-hydroxylation sites is 1. The van der Waals surface area contributed by atoms with Crippen molar-refractivity contribution >= 4 is 16.9 Å². The Balaban J connectivity index is 2.30. The van der Waals surface area contributed by atoms with E-state index in [2.05, 4.69) is 25.7 Å². The van der Waals surface area contributed by atoms with E-state index in [4.69, 9.17) is 5.84 Å². The molecule has 0 bridgehead atoms. The minimum atomic E-state index is 0.585. The van der Waals surface area contributed by atoms with Crippen LogP contribution in [0.3, 0.4) is 0 Å². The number of nitrogens with one attached hydrogen (secondary N) is 1. The van der Waals surface area contributed by atoms with Gasteiger partial charge in [-0.2, -0.15) is 4.68 Å². The van der Waals surface area contributed by atoms with Crippen molar-refractivity contribution in [1.29, 1.82) is 0 Å². The Morgan fingerprint density at radius 3 is 2.74 bits per heavy atom. The summed E-state index contributed by atoms with van der Waals surface area (Å²) in [5.74, 6) is 7.35. The molecule has 0 saturated heterocycles. The lowest BCUT2D eigenvalue weighted by molar-refractivity contribution is 0.783. The van der Waals surface area contributed by atoms with Gasteiger partial charge < -0.3 is 5.43 Å². The molecule has 0 saturated carbocycles. The normalized spacial score (nSPS) is 10.9. The van der Waals surface area contributed by atoms with Crippen LogP contribution in [0.5, 0.6) is 0 Å². The molecule has 0 aliphatic carbocycles. The number of fused-ring (bicyclic) bond motifs is 1. The first-order chi connectivity index (χ1) is 9.20. The van der Waals surface area contributed by atoms with Gasteiger partial charge in [-0.1, -0.05) is 17.3 Å². The molecule has 3 N–H and O–H groups in total. The van der Waals surface area contributed by atoms with Crippen LogP contribution in [0.4, 0.5) is 5.82 Å². The predicted molar refractivity (Wildman–Crippen MR) is 71.7 cm³/mol. The Kier molecular flexibility index (Phi) is 2.60. The molecule has 19 heavy (non-hydrogen) atoms. The lowest BCUT2D eigenvalue weighted by atomic mass is 10.3. The molecule has 3 rings (SSSR count). The summed E-state index contributed by atoms with van der Waals surface area (Å²) >= 11 is 0. The van der Waals surface area contributed by atoms with Gasteiger partial charge in [-0.05, 0) is 26.0 Å². The molecule has 0 fully saturated rings. The summed E-state index contributed by atoms with van der Waals surface area (Å²) in [4.78, 5) is 8.66. The quantitative estimate of drug-likeness (QED) is 0.526. The van der Waals surface area contributed by atoms with Gasteiger partial charge in [0.25, 0.3) is 0 Å². The van der Waals surface area contributed by atoms with E-state index in [1.54, 1.807) is 4.68 Å². The van der Waals surface area contributed by atoms with Crippen LogP contribution in [0.1, 0.15) is 11.4 Å². The van der Waals surface area contributed by atoms with Crippen LogP contribution in [0.25, 0.3) is 16.9 Å². The number of aromatic nitrogens is 5. The van der Waals surface area contributed by atoms with Gasteiger partial charge in [-0.15, -0.1) is 5.10 Å². The van der Waals surface area contributed by atoms with E-state index in [0.29, 0.717) is 17.5 Å². The monoisotopic (exact) mass is 255 g/mol. The van der Waals surface area contributed by atoms with Gasteiger partial charge >= 0.3 is 0 Å². The maximum Gasteiger partial charge on any atom is 0.164 e. The molecule has 0 aliphatic rings. The van der Waals surface area contributed by atoms with E-state index in [1.807, 2.05) is 38.1 Å². The molecule has 7 heteroatoms. The topological polar surface area (TPSA) is 94.5 Å². The molecule has 0 unspecified atom stereocenters. The second-order valence-electron chi connectivity index (χ2n) is 4.20. The van der Waals surface area contributed by atoms with Crippen molar-refractivity contribution in [3.63, 3.8) is 0 Å². The van der Waals surface area contributed by atoms with Crippen molar-refractivity contribution < 1.29 is 0 Å². The van der Waals surface area contributed by atoms with Gasteiger partial charge in [0.1, 0.15) is 17.2 Å². The first-order valence-electron chi connectivity index (χ1n) is 5.83. The number of rotatable bonds is 2. The highest BCUT2D eigenvalue weighted by atomic mass is 15.4. The summed E-state index contributed by atoms with van der Waals surface area (Å²) in [6.45, 7) is 3.70. The second kappa shape index (κ2) is 4.29. The SMILES string of the molecule is Cc1nc(NN)c(C)c(-n2nnc3ccccc32)n1. The summed E-state index contributed by atoms with van der Waals surface area (Å²) in [5, 5.41) is 8.27. The highest BCUT2D eigenvalue weighted by molar-refractivity contribution is 5.76. The van der Waals surface area contributed by atoms with E-state index < -0.39 is 0 Å². The highest BCUT2D eigenvalue weighted by Gasteiger charge is 2.13. The van der Waals surface area contributed by atoms with E-state index in [-0.39, 0.29) is 0 Å². The number of hydrazine groups is 1. The van der Waals surface area contributed by atoms with Crippen molar-refractivity contribution in [3.05, 3.63) is 35.7 Å². The van der Waals surface area contributed by atoms with Crippen LogP contribution in [0.2, 0.25) is 0 Å². The number of hydrogen-bond donors (Lipinski definition) is 2. The molecular weight excluding hydrogens is 242 g/mol. The fraction of sp³-hybridized carbons (Fsp3) is 0.167. The van der Waals surface area contributed by atoms with Crippen molar-refractivity contribution in [2.45, 2.75) is 13.8 Å². The molecule has 1 aromatic carbocycles. The molecule has 7 nitrogen and oxygen atoms in total. The third-order valence-corrected chi connectivity index (χ3v) is 2.92. The molecule has 2 heterocycles. The van der Waals surface area contributed by atoms with Crippen LogP contribution in [0.15, 0.2) is 24.3 Å². The Morgan fingerprint density at radius 2 is 1.95 bits per heavy atom. The van der Waals surface area contributed by atoms with Crippen LogP contribution < -0.4 is 11.3 Å². The summed E-state index contributed by atoms with van der Waals surface area (Å²) in [7, 11) is 0. The summed E-state index contributed by atoms with van der Waals surface area (Å²) in [5.41, 5.74) is 5.11. The third-order valence-electron chi connectivity index (χ3n) is 2.92. The number of nitrogens with two attached hydrogens (primary N) is 1. The zero-order valence-electron chi connectivity index (χ0n) is 10.6. The lowest BCUT2D eigenvalue weighted by Crippen LogP contribution is -2.14. The number of benzene rings is 1. The maximum atomic E-state index is 5.47. The van der Waals surface area contributed by atoms with Crippen molar-refractivity contribution in [2.24, 2.45) is 5.84 Å². The molecule has 0 aliphatic heterocycles. The molecule has 96 valence electrons. The lowest BCUT2D eigenvalue weighted by Gasteiger charge is -2.10. The zero-order valence-corrected chi connectivity index (χ0v) is 10.6. The van der Waals surface area contributed by atoms with Gasteiger partial charge in [0.2, 0.25) is 0 Å². The zero-order chi connectivity index (χ0) is 13.4. The van der Waals surface area contributed by atoms with Gasteiger partial charge in [0.15, 0.2) is 5.82 Å². The van der Waals surface area contributed by atoms with Gasteiger partial charge in [0, 0.05) is 5.56 Å². The average Bonchev–Trinajstić information content (AvgIpc) is 2.85. The number of nitrogens with zero attached hydrogens (tertiary/aromatic N) is 5. The van der Waals surface area contributed by atoms with E-state index in [1.165, 1.54) is 0 Å². The van der Waals surface area contributed by atoms with Gasteiger partial charge in [-0.3, -0.25) is 0 Å². The molecule has 2 aromatic heterocycles. The van der Waals surface area contributed by atoms with Crippen LogP contribution in [-0.4, -0.2) is 25.0 Å². The molecular formula is C12H13N7. The van der Waals surface area contributed by atoms with Crippen molar-refractivity contribution in [1.82, 2.24) is 25.0 Å². The molecule has 0 radical (unpaired) electrons. The summed E-state index contributed by atoms with van der Waals surface area (Å²) < 4.78 is 1.69. The third kappa shape index (κ3) is 1.80. The number of hydrogen-bond acceptors (Lipinski definition) is 6. The molecule has 0 atom stereocenters. The van der Waals surface area contributed by atoms with Crippen molar-refractivity contribution in [2.75, 3.05) is 5.43 Å². The van der Waals surface area contributed by atoms with Crippen LogP contribution in [-0.2, 0) is 0 Å².